The Morgan fingerprint density at radius 2 is 2.14 bits per heavy atom. The molecule has 4 heterocycles. The van der Waals surface area contributed by atoms with Crippen molar-refractivity contribution in [2.45, 2.75) is 18.9 Å². The SMILES string of the molecule is CC1(OC(=O)N2C[C@@H]3C(CCNC(=O)c4cnc5[nH]ncc5c4)[C@@H]3C2)COC1. The molecule has 3 atom stereocenters. The van der Waals surface area contributed by atoms with Gasteiger partial charge in [0, 0.05) is 31.2 Å². The van der Waals surface area contributed by atoms with Gasteiger partial charge in [0.15, 0.2) is 11.2 Å². The molecule has 1 saturated carbocycles. The van der Waals surface area contributed by atoms with E-state index in [2.05, 4.69) is 20.5 Å². The number of nitrogens with one attached hydrogen (secondary N) is 2. The summed E-state index contributed by atoms with van der Waals surface area (Å²) in [6.45, 7) is 4.98. The Morgan fingerprint density at radius 3 is 2.86 bits per heavy atom. The lowest BCUT2D eigenvalue weighted by molar-refractivity contribution is -0.171. The first kappa shape index (κ1) is 17.4. The Balaban J connectivity index is 1.05. The number of carbonyl (C=O) groups is 2. The van der Waals surface area contributed by atoms with Gasteiger partial charge in [0.1, 0.15) is 0 Å². The van der Waals surface area contributed by atoms with Crippen LogP contribution >= 0.6 is 0 Å². The summed E-state index contributed by atoms with van der Waals surface area (Å²) in [5, 5.41) is 10.5. The molecule has 1 aliphatic carbocycles. The second kappa shape index (κ2) is 6.44. The summed E-state index contributed by atoms with van der Waals surface area (Å²) in [7, 11) is 0. The zero-order chi connectivity index (χ0) is 19.3. The Hall–Kier alpha value is -2.68. The third kappa shape index (κ3) is 3.09. The molecule has 0 bridgehead atoms. The second-order valence-corrected chi connectivity index (χ2v) is 8.28. The summed E-state index contributed by atoms with van der Waals surface area (Å²) in [4.78, 5) is 30.5. The van der Waals surface area contributed by atoms with E-state index in [1.165, 1.54) is 0 Å². The van der Waals surface area contributed by atoms with Crippen molar-refractivity contribution in [2.24, 2.45) is 17.8 Å². The van der Waals surface area contributed by atoms with Gasteiger partial charge in [0.25, 0.3) is 5.91 Å². The van der Waals surface area contributed by atoms with Crippen molar-refractivity contribution in [1.82, 2.24) is 25.4 Å². The lowest BCUT2D eigenvalue weighted by Crippen LogP contribution is -2.52. The number of aromatic amines is 1. The molecule has 0 spiro atoms. The first-order chi connectivity index (χ1) is 13.5. The van der Waals surface area contributed by atoms with Crippen LogP contribution in [0.2, 0.25) is 0 Å². The van der Waals surface area contributed by atoms with Crippen LogP contribution in [0.4, 0.5) is 4.79 Å². The minimum absolute atomic E-state index is 0.123. The molecule has 5 rings (SSSR count). The van der Waals surface area contributed by atoms with Crippen LogP contribution in [0.1, 0.15) is 23.7 Å². The van der Waals surface area contributed by atoms with Crippen molar-refractivity contribution in [2.75, 3.05) is 32.8 Å². The fourth-order valence-corrected chi connectivity index (χ4v) is 4.37. The first-order valence-corrected chi connectivity index (χ1v) is 9.65. The highest BCUT2D eigenvalue weighted by molar-refractivity contribution is 5.96. The number of amides is 2. The Morgan fingerprint density at radius 1 is 1.36 bits per heavy atom. The Labute approximate surface area is 161 Å². The molecule has 0 radical (unpaired) electrons. The lowest BCUT2D eigenvalue weighted by Gasteiger charge is -2.38. The van der Waals surface area contributed by atoms with Gasteiger partial charge in [-0.25, -0.2) is 9.78 Å². The summed E-state index contributed by atoms with van der Waals surface area (Å²) in [5.74, 6) is 1.50. The number of likely N-dealkylation sites (tertiary alicyclic amines) is 1. The van der Waals surface area contributed by atoms with Crippen LogP contribution in [0.15, 0.2) is 18.5 Å². The molecule has 2 aliphatic heterocycles. The summed E-state index contributed by atoms with van der Waals surface area (Å²) in [5.41, 5.74) is 0.749. The first-order valence-electron chi connectivity index (χ1n) is 9.65. The minimum atomic E-state index is -0.456. The van der Waals surface area contributed by atoms with Crippen LogP contribution < -0.4 is 5.32 Å². The number of fused-ring (bicyclic) bond motifs is 2. The number of ether oxygens (including phenoxy) is 2. The number of piperidine rings is 1. The van der Waals surface area contributed by atoms with E-state index in [1.54, 1.807) is 23.4 Å². The van der Waals surface area contributed by atoms with E-state index in [0.29, 0.717) is 48.7 Å². The minimum Gasteiger partial charge on any atom is -0.438 e. The van der Waals surface area contributed by atoms with Crippen LogP contribution in [0.5, 0.6) is 0 Å². The summed E-state index contributed by atoms with van der Waals surface area (Å²) in [6, 6.07) is 1.78. The summed E-state index contributed by atoms with van der Waals surface area (Å²) < 4.78 is 10.7. The monoisotopic (exact) mass is 385 g/mol. The van der Waals surface area contributed by atoms with Crippen molar-refractivity contribution >= 4 is 23.0 Å². The maximum atomic E-state index is 12.3. The third-order valence-corrected chi connectivity index (χ3v) is 6.09. The standard InChI is InChI=1S/C19H23N5O4/c1-19(9-27-10-19)28-18(26)24-7-14-13(15(14)8-24)2-3-20-17(25)12-4-11-6-22-23-16(11)21-5-12/h4-6,13-15H,2-3,7-10H2,1H3,(H,20,25)(H,21,22,23)/t13?,14-,15+. The molecule has 2 amide bonds. The Bertz CT molecular complexity index is 912. The quantitative estimate of drug-likeness (QED) is 0.800. The van der Waals surface area contributed by atoms with Gasteiger partial charge in [-0.05, 0) is 37.2 Å². The van der Waals surface area contributed by atoms with Crippen molar-refractivity contribution in [3.63, 3.8) is 0 Å². The van der Waals surface area contributed by atoms with E-state index >= 15 is 0 Å². The summed E-state index contributed by atoms with van der Waals surface area (Å²) >= 11 is 0. The fourth-order valence-electron chi connectivity index (χ4n) is 4.37. The van der Waals surface area contributed by atoms with Crippen LogP contribution in [-0.2, 0) is 9.47 Å². The number of H-pyrrole nitrogens is 1. The maximum Gasteiger partial charge on any atom is 0.410 e. The van der Waals surface area contributed by atoms with Crippen molar-refractivity contribution < 1.29 is 19.1 Å². The van der Waals surface area contributed by atoms with Gasteiger partial charge in [-0.15, -0.1) is 0 Å². The molecule has 3 aliphatic rings. The highest BCUT2D eigenvalue weighted by Crippen LogP contribution is 2.53. The van der Waals surface area contributed by atoms with Crippen LogP contribution in [0.3, 0.4) is 0 Å². The van der Waals surface area contributed by atoms with E-state index in [9.17, 15) is 9.59 Å². The molecule has 9 nitrogen and oxygen atoms in total. The molecule has 0 aromatic carbocycles. The van der Waals surface area contributed by atoms with E-state index < -0.39 is 5.60 Å². The number of aromatic nitrogens is 3. The topological polar surface area (TPSA) is 109 Å². The molecule has 2 saturated heterocycles. The van der Waals surface area contributed by atoms with Crippen LogP contribution in [-0.4, -0.2) is 70.5 Å². The molecule has 2 aromatic heterocycles. The number of pyridine rings is 1. The van der Waals surface area contributed by atoms with Gasteiger partial charge in [0.05, 0.1) is 25.0 Å². The lowest BCUT2D eigenvalue weighted by atomic mass is 10.1. The van der Waals surface area contributed by atoms with E-state index in [0.717, 1.165) is 24.9 Å². The van der Waals surface area contributed by atoms with E-state index in [4.69, 9.17) is 9.47 Å². The zero-order valence-electron chi connectivity index (χ0n) is 15.7. The molecule has 2 aromatic rings. The van der Waals surface area contributed by atoms with Crippen molar-refractivity contribution in [3.05, 3.63) is 24.0 Å². The molecule has 3 fully saturated rings. The average Bonchev–Trinajstić information content (AvgIpc) is 3.06. The average molecular weight is 385 g/mol. The van der Waals surface area contributed by atoms with Crippen LogP contribution in [0.25, 0.3) is 11.0 Å². The van der Waals surface area contributed by atoms with Gasteiger partial charge in [-0.2, -0.15) is 5.10 Å². The number of carbonyl (C=O) groups excluding carboxylic acids is 2. The molecular formula is C19H23N5O4. The predicted molar refractivity (Wildman–Crippen MR) is 98.6 cm³/mol. The second-order valence-electron chi connectivity index (χ2n) is 8.28. The fraction of sp³-hybridized carbons (Fsp3) is 0.579. The predicted octanol–water partition coefficient (Wildman–Crippen LogP) is 1.18. The van der Waals surface area contributed by atoms with Gasteiger partial charge in [-0.1, -0.05) is 0 Å². The highest BCUT2D eigenvalue weighted by Gasteiger charge is 2.56. The van der Waals surface area contributed by atoms with Crippen molar-refractivity contribution in [1.29, 1.82) is 0 Å². The number of rotatable bonds is 5. The molecule has 1 unspecified atom stereocenters. The van der Waals surface area contributed by atoms with Gasteiger partial charge in [-0.3, -0.25) is 9.89 Å². The molecule has 9 heteroatoms. The van der Waals surface area contributed by atoms with E-state index in [1.807, 2.05) is 6.92 Å². The number of hydrogen-bond donors (Lipinski definition) is 2. The van der Waals surface area contributed by atoms with Gasteiger partial charge in [0.2, 0.25) is 0 Å². The normalized spacial score (nSPS) is 27.2. The third-order valence-electron chi connectivity index (χ3n) is 6.09. The molecule has 28 heavy (non-hydrogen) atoms. The van der Waals surface area contributed by atoms with Gasteiger partial charge >= 0.3 is 6.09 Å². The largest absolute Gasteiger partial charge is 0.438 e. The number of nitrogens with zero attached hydrogens (tertiary/aromatic N) is 3. The van der Waals surface area contributed by atoms with E-state index in [-0.39, 0.29) is 12.0 Å². The zero-order valence-corrected chi connectivity index (χ0v) is 15.7. The highest BCUT2D eigenvalue weighted by atomic mass is 16.6. The number of hydrogen-bond acceptors (Lipinski definition) is 6. The molecule has 148 valence electrons. The molecule has 2 N–H and O–H groups in total. The Kier molecular flexibility index (Phi) is 4.01. The van der Waals surface area contributed by atoms with Crippen LogP contribution in [0, 0.1) is 17.8 Å². The molecular weight excluding hydrogens is 362 g/mol. The van der Waals surface area contributed by atoms with Crippen molar-refractivity contribution in [3.8, 4) is 0 Å². The van der Waals surface area contributed by atoms with Gasteiger partial charge < -0.3 is 19.7 Å². The maximum absolute atomic E-state index is 12.3. The smallest absolute Gasteiger partial charge is 0.410 e. The summed E-state index contributed by atoms with van der Waals surface area (Å²) in [6.07, 6.45) is 3.90.